The number of amides is 1. The molecular weight excluding hydrogens is 365 g/mol. The molecule has 0 aromatic heterocycles. The fraction of sp³-hybridized carbons (Fsp3) is 0.188. The summed E-state index contributed by atoms with van der Waals surface area (Å²) in [7, 11) is -4.03. The Kier molecular flexibility index (Phi) is 5.68. The van der Waals surface area contributed by atoms with Crippen LogP contribution in [0.1, 0.15) is 12.5 Å². The lowest BCUT2D eigenvalue weighted by atomic mass is 10.1. The minimum atomic E-state index is -4.03. The number of benzene rings is 2. The van der Waals surface area contributed by atoms with Crippen LogP contribution in [0.15, 0.2) is 47.4 Å². The number of rotatable bonds is 6. The predicted molar refractivity (Wildman–Crippen MR) is 92.6 cm³/mol. The summed E-state index contributed by atoms with van der Waals surface area (Å²) in [5.41, 5.74) is 0.583. The van der Waals surface area contributed by atoms with E-state index in [-0.39, 0.29) is 16.3 Å². The van der Waals surface area contributed by atoms with Gasteiger partial charge in [0.25, 0.3) is 5.69 Å². The molecule has 0 radical (unpaired) electrons. The SMILES string of the molecule is Cc1ccc([N+](=O)[O-])cc1NC(=O)[C@H](C)NS(=O)(=O)c1ccc(F)cc1. The smallest absolute Gasteiger partial charge is 0.271 e. The quantitative estimate of drug-likeness (QED) is 0.588. The maximum absolute atomic E-state index is 12.9. The van der Waals surface area contributed by atoms with Gasteiger partial charge in [-0.05, 0) is 43.7 Å². The summed E-state index contributed by atoms with van der Waals surface area (Å²) >= 11 is 0. The lowest BCUT2D eigenvalue weighted by Crippen LogP contribution is -2.41. The number of aryl methyl sites for hydroxylation is 1. The van der Waals surface area contributed by atoms with Crippen LogP contribution in [-0.2, 0) is 14.8 Å². The molecule has 2 aromatic rings. The molecule has 0 unspecified atom stereocenters. The van der Waals surface area contributed by atoms with E-state index < -0.39 is 32.7 Å². The monoisotopic (exact) mass is 381 g/mol. The van der Waals surface area contributed by atoms with Crippen molar-refractivity contribution in [3.8, 4) is 0 Å². The van der Waals surface area contributed by atoms with Gasteiger partial charge in [0.1, 0.15) is 5.82 Å². The van der Waals surface area contributed by atoms with Crippen LogP contribution in [0.4, 0.5) is 15.8 Å². The molecule has 8 nitrogen and oxygen atoms in total. The van der Waals surface area contributed by atoms with Gasteiger partial charge in [0.15, 0.2) is 0 Å². The van der Waals surface area contributed by atoms with E-state index in [1.165, 1.54) is 25.1 Å². The number of halogens is 1. The van der Waals surface area contributed by atoms with Crippen LogP contribution in [0.25, 0.3) is 0 Å². The number of nitrogens with zero attached hydrogens (tertiary/aromatic N) is 1. The first-order valence-corrected chi connectivity index (χ1v) is 8.92. The largest absolute Gasteiger partial charge is 0.324 e. The third kappa shape index (κ3) is 4.61. The molecular formula is C16H16FN3O5S. The number of hydrogen-bond donors (Lipinski definition) is 2. The fourth-order valence-corrected chi connectivity index (χ4v) is 3.27. The maximum atomic E-state index is 12.9. The van der Waals surface area contributed by atoms with Crippen LogP contribution in [0, 0.1) is 22.9 Å². The molecule has 0 aliphatic rings. The molecule has 138 valence electrons. The number of nitrogens with one attached hydrogen (secondary N) is 2. The highest BCUT2D eigenvalue weighted by atomic mass is 32.2. The highest BCUT2D eigenvalue weighted by Gasteiger charge is 2.23. The zero-order valence-electron chi connectivity index (χ0n) is 13.9. The lowest BCUT2D eigenvalue weighted by molar-refractivity contribution is -0.384. The second-order valence-corrected chi connectivity index (χ2v) is 7.26. The van der Waals surface area contributed by atoms with Gasteiger partial charge in [-0.2, -0.15) is 4.72 Å². The Labute approximate surface area is 149 Å². The summed E-state index contributed by atoms with van der Waals surface area (Å²) in [5, 5.41) is 13.3. The molecule has 0 saturated carbocycles. The molecule has 1 atom stereocenters. The number of nitro benzene ring substituents is 1. The number of carbonyl (C=O) groups excluding carboxylic acids is 1. The zero-order chi connectivity index (χ0) is 19.5. The highest BCUT2D eigenvalue weighted by Crippen LogP contribution is 2.22. The first kappa shape index (κ1) is 19.5. The Hall–Kier alpha value is -2.85. The van der Waals surface area contributed by atoms with E-state index in [4.69, 9.17) is 0 Å². The molecule has 0 saturated heterocycles. The van der Waals surface area contributed by atoms with Gasteiger partial charge in [-0.3, -0.25) is 14.9 Å². The van der Waals surface area contributed by atoms with E-state index in [9.17, 15) is 27.7 Å². The third-order valence-electron chi connectivity index (χ3n) is 3.54. The number of carbonyl (C=O) groups is 1. The van der Waals surface area contributed by atoms with Gasteiger partial charge < -0.3 is 5.32 Å². The van der Waals surface area contributed by atoms with Crippen molar-refractivity contribution in [2.45, 2.75) is 24.8 Å². The summed E-state index contributed by atoms with van der Waals surface area (Å²) in [5.74, 6) is -1.28. The van der Waals surface area contributed by atoms with Gasteiger partial charge in [0.2, 0.25) is 15.9 Å². The summed E-state index contributed by atoms with van der Waals surface area (Å²) in [6, 6.07) is 6.93. The predicted octanol–water partition coefficient (Wildman–Crippen LogP) is 2.35. The van der Waals surface area contributed by atoms with Crippen LogP contribution in [0.2, 0.25) is 0 Å². The van der Waals surface area contributed by atoms with Crippen molar-refractivity contribution in [1.82, 2.24) is 4.72 Å². The first-order valence-electron chi connectivity index (χ1n) is 7.44. The van der Waals surface area contributed by atoms with Gasteiger partial charge in [-0.1, -0.05) is 6.07 Å². The minimum Gasteiger partial charge on any atom is -0.324 e. The van der Waals surface area contributed by atoms with Crippen LogP contribution in [0.5, 0.6) is 0 Å². The molecule has 2 aromatic carbocycles. The van der Waals surface area contributed by atoms with Crippen LogP contribution < -0.4 is 10.0 Å². The molecule has 26 heavy (non-hydrogen) atoms. The Morgan fingerprint density at radius 3 is 2.38 bits per heavy atom. The van der Waals surface area contributed by atoms with E-state index in [1.807, 2.05) is 0 Å². The van der Waals surface area contributed by atoms with Crippen LogP contribution in [-0.4, -0.2) is 25.3 Å². The molecule has 0 bridgehead atoms. The van der Waals surface area contributed by atoms with Crippen LogP contribution >= 0.6 is 0 Å². The molecule has 10 heteroatoms. The molecule has 0 aliphatic carbocycles. The topological polar surface area (TPSA) is 118 Å². The number of sulfonamides is 1. The summed E-state index contributed by atoms with van der Waals surface area (Å²) in [4.78, 5) is 22.3. The minimum absolute atomic E-state index is 0.190. The van der Waals surface area contributed by atoms with E-state index >= 15 is 0 Å². The summed E-state index contributed by atoms with van der Waals surface area (Å²) in [6.07, 6.45) is 0. The van der Waals surface area contributed by atoms with Crippen molar-refractivity contribution in [3.63, 3.8) is 0 Å². The summed E-state index contributed by atoms with van der Waals surface area (Å²) in [6.45, 7) is 2.97. The third-order valence-corrected chi connectivity index (χ3v) is 5.10. The zero-order valence-corrected chi connectivity index (χ0v) is 14.7. The molecule has 1 amide bonds. The number of anilines is 1. The fourth-order valence-electron chi connectivity index (χ4n) is 2.07. The van der Waals surface area contributed by atoms with Gasteiger partial charge in [-0.25, -0.2) is 12.8 Å². The molecule has 0 spiro atoms. The summed E-state index contributed by atoms with van der Waals surface area (Å²) < 4.78 is 39.5. The van der Waals surface area contributed by atoms with Gasteiger partial charge in [-0.15, -0.1) is 0 Å². The molecule has 0 fully saturated rings. The average Bonchev–Trinajstić information content (AvgIpc) is 2.56. The van der Waals surface area contributed by atoms with Crippen molar-refractivity contribution < 1.29 is 22.5 Å². The van der Waals surface area contributed by atoms with E-state index in [0.29, 0.717) is 5.56 Å². The molecule has 0 aliphatic heterocycles. The van der Waals surface area contributed by atoms with E-state index in [2.05, 4.69) is 10.0 Å². The van der Waals surface area contributed by atoms with Crippen molar-refractivity contribution in [3.05, 3.63) is 64.0 Å². The van der Waals surface area contributed by atoms with Gasteiger partial charge in [0, 0.05) is 12.1 Å². The Morgan fingerprint density at radius 2 is 1.81 bits per heavy atom. The van der Waals surface area contributed by atoms with E-state index in [1.54, 1.807) is 6.92 Å². The van der Waals surface area contributed by atoms with Crippen molar-refractivity contribution >= 4 is 27.3 Å². The maximum Gasteiger partial charge on any atom is 0.271 e. The second kappa shape index (κ2) is 7.58. The second-order valence-electron chi connectivity index (χ2n) is 5.54. The molecule has 2 rings (SSSR count). The van der Waals surface area contributed by atoms with Crippen molar-refractivity contribution in [2.24, 2.45) is 0 Å². The Morgan fingerprint density at radius 1 is 1.19 bits per heavy atom. The highest BCUT2D eigenvalue weighted by molar-refractivity contribution is 7.89. The lowest BCUT2D eigenvalue weighted by Gasteiger charge is -2.15. The normalized spacial score (nSPS) is 12.4. The van der Waals surface area contributed by atoms with Gasteiger partial charge >= 0.3 is 0 Å². The standard InChI is InChI=1S/C16H16FN3O5S/c1-10-3-6-13(20(22)23)9-15(10)18-16(21)11(2)19-26(24,25)14-7-4-12(17)5-8-14/h3-9,11,19H,1-2H3,(H,18,21)/t11-/m0/s1. The van der Waals surface area contributed by atoms with Crippen molar-refractivity contribution in [1.29, 1.82) is 0 Å². The van der Waals surface area contributed by atoms with E-state index in [0.717, 1.165) is 24.3 Å². The van der Waals surface area contributed by atoms with Gasteiger partial charge in [0.05, 0.1) is 21.5 Å². The Bertz CT molecular complexity index is 945. The molecule has 2 N–H and O–H groups in total. The first-order chi connectivity index (χ1) is 12.1. The molecule has 0 heterocycles. The van der Waals surface area contributed by atoms with Crippen LogP contribution in [0.3, 0.4) is 0 Å². The Balaban J connectivity index is 2.14. The number of non-ortho nitro benzene ring substituents is 1. The number of nitro groups is 1. The van der Waals surface area contributed by atoms with Crippen molar-refractivity contribution in [2.75, 3.05) is 5.32 Å². The average molecular weight is 381 g/mol. The number of hydrogen-bond acceptors (Lipinski definition) is 5.